The fourth-order valence-corrected chi connectivity index (χ4v) is 3.66. The molecule has 0 aliphatic rings. The zero-order valence-electron chi connectivity index (χ0n) is 18.1. The average Bonchev–Trinajstić information content (AvgIpc) is 3.07. The van der Waals surface area contributed by atoms with Gasteiger partial charge in [0.05, 0.1) is 11.5 Å². The first kappa shape index (κ1) is 26.0. The molecule has 0 radical (unpaired) electrons. The van der Waals surface area contributed by atoms with Crippen molar-refractivity contribution in [1.29, 1.82) is 0 Å². The lowest BCUT2D eigenvalue weighted by molar-refractivity contribution is -0.149. The summed E-state index contributed by atoms with van der Waals surface area (Å²) in [5.74, 6) is -1.80. The summed E-state index contributed by atoms with van der Waals surface area (Å²) in [6, 6.07) is 5.09. The second kappa shape index (κ2) is 10.2. The highest BCUT2D eigenvalue weighted by atomic mass is 32.2. The van der Waals surface area contributed by atoms with Gasteiger partial charge in [0.1, 0.15) is 18.1 Å². The zero-order valence-corrected chi connectivity index (χ0v) is 18.9. The van der Waals surface area contributed by atoms with Gasteiger partial charge in [-0.05, 0) is 37.6 Å². The number of allylic oxidation sites excluding steroid dienone is 5. The number of carbonyl (C=O) groups is 1. The van der Waals surface area contributed by atoms with Crippen LogP contribution in [0.2, 0.25) is 0 Å². The van der Waals surface area contributed by atoms with E-state index in [1.807, 2.05) is 0 Å². The van der Waals surface area contributed by atoms with Gasteiger partial charge in [0.15, 0.2) is 15.5 Å². The molecule has 2 aromatic rings. The fourth-order valence-electron chi connectivity index (χ4n) is 3.03. The molecule has 1 aromatic carbocycles. The maximum atomic E-state index is 14.2. The van der Waals surface area contributed by atoms with Crippen LogP contribution in [0, 0.1) is 0 Å². The maximum absolute atomic E-state index is 14.2. The lowest BCUT2D eigenvalue weighted by Crippen LogP contribution is -2.21. The zero-order chi connectivity index (χ0) is 25.0. The van der Waals surface area contributed by atoms with Crippen molar-refractivity contribution < 1.29 is 35.5 Å². The Kier molecular flexibility index (Phi) is 8.02. The standard InChI is InChI=1S/C22H22F4N2O4S/c1-5-15(8-7-14(3)23)19-20(16-9-11-17(12-10-16)33(4,30)31)27-28(13-18(29)32-6-2)21(19)22(24,25)26/h5,7-12H,3,6,13H2,1-2,4H3/b8-7-,15-5+. The highest BCUT2D eigenvalue weighted by Crippen LogP contribution is 2.41. The minimum Gasteiger partial charge on any atom is -0.465 e. The third-order valence-electron chi connectivity index (χ3n) is 4.40. The SMILES string of the molecule is C=C(F)/C=C\C(=C/C)c1c(-c2ccc(S(C)(=O)=O)cc2)nn(CC(=O)OCC)c1C(F)(F)F. The van der Waals surface area contributed by atoms with E-state index in [0.717, 1.165) is 18.4 Å². The molecule has 0 amide bonds. The number of halogens is 4. The summed E-state index contributed by atoms with van der Waals surface area (Å²) in [5, 5.41) is 4.01. The largest absolute Gasteiger partial charge is 0.465 e. The number of rotatable bonds is 8. The summed E-state index contributed by atoms with van der Waals surface area (Å²) >= 11 is 0. The van der Waals surface area contributed by atoms with E-state index in [-0.39, 0.29) is 28.3 Å². The van der Waals surface area contributed by atoms with Crippen LogP contribution in [0.3, 0.4) is 0 Å². The van der Waals surface area contributed by atoms with E-state index in [1.54, 1.807) is 0 Å². The molecular weight excluding hydrogens is 464 g/mol. The van der Waals surface area contributed by atoms with Gasteiger partial charge in [-0.15, -0.1) is 0 Å². The Bertz CT molecular complexity index is 1210. The molecule has 6 nitrogen and oxygen atoms in total. The monoisotopic (exact) mass is 486 g/mol. The number of ether oxygens (including phenoxy) is 1. The van der Waals surface area contributed by atoms with Crippen molar-refractivity contribution in [2.45, 2.75) is 31.5 Å². The third-order valence-corrected chi connectivity index (χ3v) is 5.53. The minimum absolute atomic E-state index is 0.0292. The summed E-state index contributed by atoms with van der Waals surface area (Å²) in [5.41, 5.74) is -1.68. The molecule has 0 spiro atoms. The molecule has 178 valence electrons. The van der Waals surface area contributed by atoms with Crippen molar-refractivity contribution >= 4 is 21.4 Å². The number of benzene rings is 1. The third kappa shape index (κ3) is 6.41. The molecule has 1 heterocycles. The van der Waals surface area contributed by atoms with Crippen LogP contribution < -0.4 is 0 Å². The molecule has 0 bridgehead atoms. The van der Waals surface area contributed by atoms with Gasteiger partial charge >= 0.3 is 12.1 Å². The molecule has 1 aromatic heterocycles. The molecule has 0 saturated carbocycles. The average molecular weight is 486 g/mol. The number of esters is 1. The summed E-state index contributed by atoms with van der Waals surface area (Å²) in [6.07, 6.45) is -0.606. The number of aromatic nitrogens is 2. The van der Waals surface area contributed by atoms with Gasteiger partial charge in [0.2, 0.25) is 0 Å². The van der Waals surface area contributed by atoms with Gasteiger partial charge in [-0.2, -0.15) is 18.3 Å². The molecule has 0 aliphatic heterocycles. The van der Waals surface area contributed by atoms with E-state index < -0.39 is 45.6 Å². The second-order valence-corrected chi connectivity index (χ2v) is 8.87. The van der Waals surface area contributed by atoms with Gasteiger partial charge in [-0.25, -0.2) is 17.5 Å². The van der Waals surface area contributed by atoms with Crippen LogP contribution in [0.1, 0.15) is 25.1 Å². The number of alkyl halides is 3. The van der Waals surface area contributed by atoms with Gasteiger partial charge < -0.3 is 4.74 Å². The lowest BCUT2D eigenvalue weighted by atomic mass is 9.97. The van der Waals surface area contributed by atoms with Crippen molar-refractivity contribution in [1.82, 2.24) is 9.78 Å². The highest BCUT2D eigenvalue weighted by Gasteiger charge is 2.41. The van der Waals surface area contributed by atoms with Gasteiger partial charge in [-0.1, -0.05) is 30.9 Å². The first-order chi connectivity index (χ1) is 15.3. The number of hydrogen-bond acceptors (Lipinski definition) is 5. The predicted molar refractivity (Wildman–Crippen MR) is 115 cm³/mol. The molecule has 33 heavy (non-hydrogen) atoms. The molecule has 0 atom stereocenters. The fraction of sp³-hybridized carbons (Fsp3) is 0.273. The van der Waals surface area contributed by atoms with Crippen LogP contribution in [0.5, 0.6) is 0 Å². The lowest BCUT2D eigenvalue weighted by Gasteiger charge is -2.13. The molecule has 11 heteroatoms. The summed E-state index contributed by atoms with van der Waals surface area (Å²) in [6.45, 7) is 5.19. The molecule has 0 fully saturated rings. The van der Waals surface area contributed by atoms with Crippen LogP contribution in [0.25, 0.3) is 16.8 Å². The van der Waals surface area contributed by atoms with Gasteiger partial charge in [-0.3, -0.25) is 4.79 Å². The van der Waals surface area contributed by atoms with Gasteiger partial charge in [0.25, 0.3) is 0 Å². The van der Waals surface area contributed by atoms with Crippen molar-refractivity contribution in [3.8, 4) is 11.3 Å². The van der Waals surface area contributed by atoms with Crippen LogP contribution in [0.15, 0.2) is 59.8 Å². The Morgan fingerprint density at radius 1 is 1.21 bits per heavy atom. The Morgan fingerprint density at radius 2 is 1.82 bits per heavy atom. The van der Waals surface area contributed by atoms with Crippen molar-refractivity contribution in [2.24, 2.45) is 0 Å². The first-order valence-electron chi connectivity index (χ1n) is 9.62. The number of carbonyl (C=O) groups excluding carboxylic acids is 1. The molecule has 0 unspecified atom stereocenters. The van der Waals surface area contributed by atoms with Crippen LogP contribution in [-0.2, 0) is 32.1 Å². The van der Waals surface area contributed by atoms with Crippen molar-refractivity contribution in [3.63, 3.8) is 0 Å². The van der Waals surface area contributed by atoms with Crippen molar-refractivity contribution in [2.75, 3.05) is 12.9 Å². The number of hydrogen-bond donors (Lipinski definition) is 0. The molecule has 2 rings (SSSR count). The quantitative estimate of drug-likeness (QED) is 0.299. The van der Waals surface area contributed by atoms with Gasteiger partial charge in [0, 0.05) is 17.4 Å². The second-order valence-electron chi connectivity index (χ2n) is 6.85. The van der Waals surface area contributed by atoms with E-state index in [4.69, 9.17) is 4.74 Å². The highest BCUT2D eigenvalue weighted by molar-refractivity contribution is 7.90. The maximum Gasteiger partial charge on any atom is 0.433 e. The van der Waals surface area contributed by atoms with Crippen LogP contribution >= 0.6 is 0 Å². The van der Waals surface area contributed by atoms with Crippen LogP contribution in [0.4, 0.5) is 17.6 Å². The summed E-state index contributed by atoms with van der Waals surface area (Å²) in [7, 11) is -3.54. The van der Waals surface area contributed by atoms with E-state index in [9.17, 15) is 30.8 Å². The normalized spacial score (nSPS) is 12.9. The Morgan fingerprint density at radius 3 is 2.27 bits per heavy atom. The molecule has 0 saturated heterocycles. The Balaban J connectivity index is 2.85. The van der Waals surface area contributed by atoms with E-state index in [0.29, 0.717) is 4.68 Å². The number of sulfone groups is 1. The molecule has 0 aliphatic carbocycles. The minimum atomic E-state index is -4.94. The topological polar surface area (TPSA) is 78.3 Å². The Labute approximate surface area is 188 Å². The van der Waals surface area contributed by atoms with E-state index >= 15 is 0 Å². The number of nitrogens with zero attached hydrogens (tertiary/aromatic N) is 2. The van der Waals surface area contributed by atoms with Crippen LogP contribution in [-0.4, -0.2) is 37.0 Å². The molecular formula is C22H22F4N2O4S. The summed E-state index contributed by atoms with van der Waals surface area (Å²) < 4.78 is 84.4. The molecule has 0 N–H and O–H groups in total. The van der Waals surface area contributed by atoms with E-state index in [1.165, 1.54) is 44.2 Å². The van der Waals surface area contributed by atoms with Crippen molar-refractivity contribution in [3.05, 3.63) is 66.2 Å². The predicted octanol–water partition coefficient (Wildman–Crippen LogP) is 4.98. The first-order valence-corrected chi connectivity index (χ1v) is 11.5. The van der Waals surface area contributed by atoms with E-state index in [2.05, 4.69) is 11.7 Å². The Hall–Kier alpha value is -3.21. The smallest absolute Gasteiger partial charge is 0.433 e. The summed E-state index contributed by atoms with van der Waals surface area (Å²) in [4.78, 5) is 11.9.